The second-order valence-electron chi connectivity index (χ2n) is 6.31. The summed E-state index contributed by atoms with van der Waals surface area (Å²) < 4.78 is 18.2. The van der Waals surface area contributed by atoms with Crippen LogP contribution in [-0.4, -0.2) is 25.6 Å². The molecule has 0 heterocycles. The van der Waals surface area contributed by atoms with E-state index in [0.29, 0.717) is 6.04 Å². The zero-order valence-corrected chi connectivity index (χ0v) is 15.2. The molecule has 0 aromatic carbocycles. The fraction of sp³-hybridized carbons (Fsp3) is 0.647. The SMILES string of the molecule is C#CC(C)(C)O[Si](CC)(OC(C)(C)C#C)OC(C)(C)C#C. The van der Waals surface area contributed by atoms with Gasteiger partial charge in [-0.15, -0.1) is 19.3 Å². The highest BCUT2D eigenvalue weighted by atomic mass is 28.4. The van der Waals surface area contributed by atoms with Gasteiger partial charge in [-0.25, -0.2) is 0 Å². The van der Waals surface area contributed by atoms with E-state index in [0.717, 1.165) is 0 Å². The van der Waals surface area contributed by atoms with Gasteiger partial charge < -0.3 is 13.3 Å². The maximum Gasteiger partial charge on any atom is 0.504 e. The molecular weight excluding hydrogens is 280 g/mol. The lowest BCUT2D eigenvalue weighted by molar-refractivity contribution is -0.0464. The molecule has 0 aromatic rings. The van der Waals surface area contributed by atoms with E-state index < -0.39 is 25.6 Å². The largest absolute Gasteiger partial charge is 0.504 e. The zero-order valence-electron chi connectivity index (χ0n) is 14.2. The molecule has 0 rings (SSSR count). The molecule has 21 heavy (non-hydrogen) atoms. The van der Waals surface area contributed by atoms with Crippen molar-refractivity contribution in [3.8, 4) is 37.0 Å². The van der Waals surface area contributed by atoms with Crippen LogP contribution in [0.2, 0.25) is 6.04 Å². The van der Waals surface area contributed by atoms with Crippen LogP contribution in [0.4, 0.5) is 0 Å². The number of hydrogen-bond donors (Lipinski definition) is 0. The molecule has 0 aliphatic rings. The quantitative estimate of drug-likeness (QED) is 0.534. The van der Waals surface area contributed by atoms with Crippen LogP contribution < -0.4 is 0 Å². The van der Waals surface area contributed by atoms with Crippen molar-refractivity contribution in [3.05, 3.63) is 0 Å². The number of terminal acetylenes is 3. The third-order valence-corrected chi connectivity index (χ3v) is 6.04. The van der Waals surface area contributed by atoms with Gasteiger partial charge in [0.25, 0.3) is 0 Å². The second kappa shape index (κ2) is 6.69. The number of rotatable bonds is 7. The normalized spacial score (nSPS) is 13.1. The van der Waals surface area contributed by atoms with E-state index in [4.69, 9.17) is 32.5 Å². The van der Waals surface area contributed by atoms with Crippen LogP contribution in [-0.2, 0) is 13.3 Å². The van der Waals surface area contributed by atoms with Crippen molar-refractivity contribution in [2.24, 2.45) is 0 Å². The average molecular weight is 306 g/mol. The lowest BCUT2D eigenvalue weighted by Crippen LogP contribution is -2.57. The van der Waals surface area contributed by atoms with Crippen LogP contribution in [0, 0.1) is 37.0 Å². The third-order valence-electron chi connectivity index (χ3n) is 2.71. The summed E-state index contributed by atoms with van der Waals surface area (Å²) >= 11 is 0. The molecule has 0 bridgehead atoms. The molecule has 116 valence electrons. The highest BCUT2D eigenvalue weighted by Gasteiger charge is 2.50. The van der Waals surface area contributed by atoms with Gasteiger partial charge in [0.1, 0.15) is 16.8 Å². The smallest absolute Gasteiger partial charge is 0.357 e. The van der Waals surface area contributed by atoms with Gasteiger partial charge in [0, 0.05) is 6.04 Å². The lowest BCUT2D eigenvalue weighted by Gasteiger charge is -2.41. The van der Waals surface area contributed by atoms with Crippen molar-refractivity contribution >= 4 is 8.80 Å². The van der Waals surface area contributed by atoms with Crippen molar-refractivity contribution < 1.29 is 13.3 Å². The Morgan fingerprint density at radius 3 is 1.10 bits per heavy atom. The first kappa shape index (κ1) is 19.8. The first-order chi connectivity index (χ1) is 9.36. The molecule has 0 fully saturated rings. The van der Waals surface area contributed by atoms with E-state index in [9.17, 15) is 0 Å². The van der Waals surface area contributed by atoms with E-state index in [1.165, 1.54) is 0 Å². The van der Waals surface area contributed by atoms with Crippen LogP contribution in [0.1, 0.15) is 48.5 Å². The standard InChI is InChI=1S/C17H26O3Si/c1-11-15(5,6)18-21(14-4,19-16(7,8)12-2)20-17(9,10)13-3/h1-3H,14H2,4-10H3. The van der Waals surface area contributed by atoms with Crippen molar-refractivity contribution in [1.29, 1.82) is 0 Å². The fourth-order valence-corrected chi connectivity index (χ4v) is 4.60. The minimum absolute atomic E-state index is 0.508. The summed E-state index contributed by atoms with van der Waals surface area (Å²) in [6.45, 7) is 12.6. The van der Waals surface area contributed by atoms with Gasteiger partial charge >= 0.3 is 8.80 Å². The third kappa shape index (κ3) is 6.38. The Morgan fingerprint density at radius 1 is 0.714 bits per heavy atom. The van der Waals surface area contributed by atoms with Crippen LogP contribution in [0.3, 0.4) is 0 Å². The van der Waals surface area contributed by atoms with Gasteiger partial charge in [0.05, 0.1) is 0 Å². The molecule has 0 aromatic heterocycles. The Hall–Kier alpha value is -1.22. The maximum absolute atomic E-state index is 6.07. The summed E-state index contributed by atoms with van der Waals surface area (Å²) in [6, 6.07) is 0.508. The molecule has 0 aliphatic carbocycles. The van der Waals surface area contributed by atoms with Gasteiger partial charge in [0.2, 0.25) is 0 Å². The molecule has 0 N–H and O–H groups in total. The van der Waals surface area contributed by atoms with Crippen LogP contribution in [0.15, 0.2) is 0 Å². The van der Waals surface area contributed by atoms with Gasteiger partial charge in [0.15, 0.2) is 0 Å². The van der Waals surface area contributed by atoms with Crippen molar-refractivity contribution in [3.63, 3.8) is 0 Å². The summed E-state index contributed by atoms with van der Waals surface area (Å²) in [5.41, 5.74) is -2.51. The Balaban J connectivity index is 5.68. The highest BCUT2D eigenvalue weighted by molar-refractivity contribution is 6.61. The minimum atomic E-state index is -3.17. The zero-order chi connectivity index (χ0) is 16.9. The first-order valence-corrected chi connectivity index (χ1v) is 8.83. The summed E-state index contributed by atoms with van der Waals surface area (Å²) in [5, 5.41) is 0. The Morgan fingerprint density at radius 2 is 0.952 bits per heavy atom. The summed E-state index contributed by atoms with van der Waals surface area (Å²) in [4.78, 5) is 0. The minimum Gasteiger partial charge on any atom is -0.357 e. The molecule has 4 heteroatoms. The van der Waals surface area contributed by atoms with E-state index in [1.807, 2.05) is 6.92 Å². The van der Waals surface area contributed by atoms with Crippen molar-refractivity contribution in [1.82, 2.24) is 0 Å². The molecule has 3 nitrogen and oxygen atoms in total. The Bertz CT molecular complexity index is 414. The average Bonchev–Trinajstić information content (AvgIpc) is 2.37. The van der Waals surface area contributed by atoms with E-state index in [-0.39, 0.29) is 0 Å². The highest BCUT2D eigenvalue weighted by Crippen LogP contribution is 2.31. The predicted molar refractivity (Wildman–Crippen MR) is 88.2 cm³/mol. The van der Waals surface area contributed by atoms with E-state index >= 15 is 0 Å². The summed E-state index contributed by atoms with van der Waals surface area (Å²) in [6.07, 6.45) is 16.5. The molecule has 0 saturated heterocycles. The van der Waals surface area contributed by atoms with Crippen molar-refractivity contribution in [2.45, 2.75) is 71.3 Å². The monoisotopic (exact) mass is 306 g/mol. The first-order valence-electron chi connectivity index (χ1n) is 6.90. The Kier molecular flexibility index (Phi) is 6.30. The molecule has 0 aliphatic heterocycles. The molecule has 0 spiro atoms. The second-order valence-corrected chi connectivity index (χ2v) is 8.99. The van der Waals surface area contributed by atoms with E-state index in [2.05, 4.69) is 17.8 Å². The molecule has 0 saturated carbocycles. The van der Waals surface area contributed by atoms with Crippen molar-refractivity contribution in [2.75, 3.05) is 0 Å². The van der Waals surface area contributed by atoms with E-state index in [1.54, 1.807) is 41.5 Å². The van der Waals surface area contributed by atoms with Gasteiger partial charge in [-0.1, -0.05) is 24.7 Å². The topological polar surface area (TPSA) is 27.7 Å². The van der Waals surface area contributed by atoms with Crippen LogP contribution in [0.5, 0.6) is 0 Å². The fourth-order valence-electron chi connectivity index (χ4n) is 1.53. The molecule has 0 unspecified atom stereocenters. The predicted octanol–water partition coefficient (Wildman–Crippen LogP) is 3.23. The lowest BCUT2D eigenvalue weighted by atomic mass is 10.2. The number of hydrogen-bond acceptors (Lipinski definition) is 3. The Labute approximate surface area is 131 Å². The molecule has 0 amide bonds. The molecular formula is C17H26O3Si. The van der Waals surface area contributed by atoms with Crippen LogP contribution >= 0.6 is 0 Å². The summed E-state index contributed by atoms with van der Waals surface area (Å²) in [5.74, 6) is 7.76. The van der Waals surface area contributed by atoms with Crippen LogP contribution in [0.25, 0.3) is 0 Å². The van der Waals surface area contributed by atoms with Gasteiger partial charge in [-0.3, -0.25) is 0 Å². The summed E-state index contributed by atoms with van der Waals surface area (Å²) in [7, 11) is -3.17. The van der Waals surface area contributed by atoms with Gasteiger partial charge in [-0.05, 0) is 41.5 Å². The van der Waals surface area contributed by atoms with Gasteiger partial charge in [-0.2, -0.15) is 0 Å². The maximum atomic E-state index is 6.07. The molecule has 0 radical (unpaired) electrons. The molecule has 0 atom stereocenters.